The molecule has 0 saturated heterocycles. The number of carbonyl (C=O) groups is 1. The molecular formula is C11H18N2O4. The summed E-state index contributed by atoms with van der Waals surface area (Å²) >= 11 is 0. The SMILES string of the molecule is CCN(CCC(=O)O)Cc1cc(COC)on1. The van der Waals surface area contributed by atoms with Crippen LogP contribution in [0, 0.1) is 0 Å². The van der Waals surface area contributed by atoms with E-state index < -0.39 is 5.97 Å². The number of carboxylic acids is 1. The Hall–Kier alpha value is -1.40. The Morgan fingerprint density at radius 2 is 2.41 bits per heavy atom. The molecular weight excluding hydrogens is 224 g/mol. The molecule has 1 heterocycles. The van der Waals surface area contributed by atoms with E-state index in [1.54, 1.807) is 7.11 Å². The van der Waals surface area contributed by atoms with Crippen molar-refractivity contribution in [1.82, 2.24) is 10.1 Å². The Labute approximate surface area is 100 Å². The molecule has 1 N–H and O–H groups in total. The van der Waals surface area contributed by atoms with Crippen LogP contribution in [0.15, 0.2) is 10.6 Å². The van der Waals surface area contributed by atoms with E-state index in [0.717, 1.165) is 12.2 Å². The topological polar surface area (TPSA) is 75.8 Å². The van der Waals surface area contributed by atoms with Crippen LogP contribution < -0.4 is 0 Å². The molecule has 0 bridgehead atoms. The van der Waals surface area contributed by atoms with E-state index in [1.165, 1.54) is 0 Å². The molecule has 0 aliphatic carbocycles. The predicted octanol–water partition coefficient (Wildman–Crippen LogP) is 1.12. The van der Waals surface area contributed by atoms with Gasteiger partial charge in [-0.15, -0.1) is 0 Å². The summed E-state index contributed by atoms with van der Waals surface area (Å²) in [4.78, 5) is 12.5. The number of aromatic nitrogens is 1. The van der Waals surface area contributed by atoms with Gasteiger partial charge in [-0.05, 0) is 6.54 Å². The first kappa shape index (κ1) is 13.7. The maximum absolute atomic E-state index is 10.5. The van der Waals surface area contributed by atoms with Gasteiger partial charge < -0.3 is 14.4 Å². The molecule has 0 radical (unpaired) electrons. The number of rotatable bonds is 8. The van der Waals surface area contributed by atoms with Gasteiger partial charge >= 0.3 is 5.97 Å². The third-order valence-corrected chi connectivity index (χ3v) is 2.37. The quantitative estimate of drug-likeness (QED) is 0.736. The molecule has 1 aromatic heterocycles. The molecule has 0 aromatic carbocycles. The summed E-state index contributed by atoms with van der Waals surface area (Å²) < 4.78 is 9.98. The van der Waals surface area contributed by atoms with Crippen LogP contribution in [0.4, 0.5) is 0 Å². The summed E-state index contributed by atoms with van der Waals surface area (Å²) in [6.07, 6.45) is 0.136. The van der Waals surface area contributed by atoms with Gasteiger partial charge in [-0.2, -0.15) is 0 Å². The van der Waals surface area contributed by atoms with Crippen molar-refractivity contribution in [2.24, 2.45) is 0 Å². The summed E-state index contributed by atoms with van der Waals surface area (Å²) in [5.74, 6) is -0.111. The van der Waals surface area contributed by atoms with E-state index in [-0.39, 0.29) is 6.42 Å². The molecule has 1 aromatic rings. The highest BCUT2D eigenvalue weighted by Crippen LogP contribution is 2.08. The van der Waals surface area contributed by atoms with Gasteiger partial charge in [0.1, 0.15) is 6.61 Å². The smallest absolute Gasteiger partial charge is 0.304 e. The van der Waals surface area contributed by atoms with Crippen LogP contribution in [-0.2, 0) is 22.7 Å². The highest BCUT2D eigenvalue weighted by atomic mass is 16.5. The third-order valence-electron chi connectivity index (χ3n) is 2.37. The second-order valence-corrected chi connectivity index (χ2v) is 3.73. The van der Waals surface area contributed by atoms with Gasteiger partial charge in [-0.25, -0.2) is 0 Å². The average molecular weight is 242 g/mol. The van der Waals surface area contributed by atoms with Crippen molar-refractivity contribution >= 4 is 5.97 Å². The van der Waals surface area contributed by atoms with Gasteiger partial charge in [0.15, 0.2) is 5.76 Å². The van der Waals surface area contributed by atoms with Crippen molar-refractivity contribution in [3.8, 4) is 0 Å². The molecule has 0 aliphatic rings. The molecule has 0 fully saturated rings. The van der Waals surface area contributed by atoms with Crippen LogP contribution in [-0.4, -0.2) is 41.3 Å². The van der Waals surface area contributed by atoms with Crippen molar-refractivity contribution in [2.75, 3.05) is 20.2 Å². The molecule has 0 spiro atoms. The highest BCUT2D eigenvalue weighted by Gasteiger charge is 2.10. The van der Waals surface area contributed by atoms with Crippen LogP contribution in [0.1, 0.15) is 24.8 Å². The molecule has 0 unspecified atom stereocenters. The van der Waals surface area contributed by atoms with Crippen LogP contribution in [0.5, 0.6) is 0 Å². The first-order valence-corrected chi connectivity index (χ1v) is 5.53. The van der Waals surface area contributed by atoms with E-state index in [0.29, 0.717) is 25.5 Å². The van der Waals surface area contributed by atoms with E-state index >= 15 is 0 Å². The van der Waals surface area contributed by atoms with Crippen molar-refractivity contribution in [2.45, 2.75) is 26.5 Å². The van der Waals surface area contributed by atoms with Crippen LogP contribution in [0.3, 0.4) is 0 Å². The average Bonchev–Trinajstić information content (AvgIpc) is 2.72. The van der Waals surface area contributed by atoms with E-state index in [4.69, 9.17) is 14.4 Å². The van der Waals surface area contributed by atoms with Crippen molar-refractivity contribution < 1.29 is 19.2 Å². The van der Waals surface area contributed by atoms with Crippen molar-refractivity contribution in [3.05, 3.63) is 17.5 Å². The molecule has 0 amide bonds. The van der Waals surface area contributed by atoms with Crippen molar-refractivity contribution in [3.63, 3.8) is 0 Å². The van der Waals surface area contributed by atoms with Gasteiger partial charge in [0.05, 0.1) is 12.1 Å². The van der Waals surface area contributed by atoms with Crippen LogP contribution in [0.25, 0.3) is 0 Å². The molecule has 1 rings (SSSR count). The van der Waals surface area contributed by atoms with Gasteiger partial charge in [0, 0.05) is 26.3 Å². The summed E-state index contributed by atoms with van der Waals surface area (Å²) in [6, 6.07) is 1.83. The van der Waals surface area contributed by atoms with Gasteiger partial charge in [0.2, 0.25) is 0 Å². The lowest BCUT2D eigenvalue weighted by molar-refractivity contribution is -0.137. The molecule has 96 valence electrons. The van der Waals surface area contributed by atoms with E-state index in [1.807, 2.05) is 17.9 Å². The molecule has 6 heteroatoms. The fourth-order valence-corrected chi connectivity index (χ4v) is 1.47. The lowest BCUT2D eigenvalue weighted by Crippen LogP contribution is -2.25. The summed E-state index contributed by atoms with van der Waals surface area (Å²) in [5.41, 5.74) is 0.796. The fourth-order valence-electron chi connectivity index (χ4n) is 1.47. The number of ether oxygens (including phenoxy) is 1. The Kier molecular flexibility index (Phi) is 5.65. The minimum atomic E-state index is -0.788. The predicted molar refractivity (Wildman–Crippen MR) is 60.4 cm³/mol. The number of methoxy groups -OCH3 is 1. The first-order valence-electron chi connectivity index (χ1n) is 5.53. The summed E-state index contributed by atoms with van der Waals surface area (Å²) in [5, 5.41) is 12.5. The lowest BCUT2D eigenvalue weighted by atomic mass is 10.3. The monoisotopic (exact) mass is 242 g/mol. The van der Waals surface area contributed by atoms with Crippen molar-refractivity contribution in [1.29, 1.82) is 0 Å². The number of nitrogens with zero attached hydrogens (tertiary/aromatic N) is 2. The minimum absolute atomic E-state index is 0.136. The Morgan fingerprint density at radius 3 is 3.00 bits per heavy atom. The molecule has 0 saturated carbocycles. The number of carboxylic acid groups (broad SMARTS) is 1. The molecule has 0 atom stereocenters. The first-order chi connectivity index (χ1) is 8.15. The standard InChI is InChI=1S/C11H18N2O4/c1-3-13(5-4-11(14)15)7-9-6-10(8-16-2)17-12-9/h6H,3-5,7-8H2,1-2H3,(H,14,15). The molecule has 17 heavy (non-hydrogen) atoms. The van der Waals surface area contributed by atoms with E-state index in [2.05, 4.69) is 5.16 Å². The maximum atomic E-state index is 10.5. The van der Waals surface area contributed by atoms with Gasteiger partial charge in [-0.1, -0.05) is 12.1 Å². The van der Waals surface area contributed by atoms with Gasteiger partial charge in [-0.3, -0.25) is 9.69 Å². The maximum Gasteiger partial charge on any atom is 0.304 e. The number of hydrogen-bond acceptors (Lipinski definition) is 5. The Balaban J connectivity index is 2.45. The molecule has 0 aliphatic heterocycles. The Bertz CT molecular complexity index is 351. The number of hydrogen-bond donors (Lipinski definition) is 1. The lowest BCUT2D eigenvalue weighted by Gasteiger charge is -2.17. The van der Waals surface area contributed by atoms with Gasteiger partial charge in [0.25, 0.3) is 0 Å². The largest absolute Gasteiger partial charge is 0.481 e. The normalized spacial score (nSPS) is 11.0. The zero-order valence-electron chi connectivity index (χ0n) is 10.2. The second-order valence-electron chi connectivity index (χ2n) is 3.73. The summed E-state index contributed by atoms with van der Waals surface area (Å²) in [6.45, 7) is 4.27. The van der Waals surface area contributed by atoms with Crippen LogP contribution in [0.2, 0.25) is 0 Å². The Morgan fingerprint density at radius 1 is 1.65 bits per heavy atom. The summed E-state index contributed by atoms with van der Waals surface area (Å²) in [7, 11) is 1.59. The van der Waals surface area contributed by atoms with Crippen LogP contribution >= 0.6 is 0 Å². The highest BCUT2D eigenvalue weighted by molar-refractivity contribution is 5.66. The molecule has 6 nitrogen and oxygen atoms in total. The number of aliphatic carboxylic acids is 1. The third kappa shape index (κ3) is 4.97. The second kappa shape index (κ2) is 7.03. The zero-order chi connectivity index (χ0) is 12.7. The minimum Gasteiger partial charge on any atom is -0.481 e. The van der Waals surface area contributed by atoms with E-state index in [9.17, 15) is 4.79 Å². The fraction of sp³-hybridized carbons (Fsp3) is 0.636. The zero-order valence-corrected chi connectivity index (χ0v) is 10.2.